The molecule has 0 aromatic heterocycles. The molecule has 0 aliphatic carbocycles. The maximum Gasteiger partial charge on any atom is 0.305 e. The van der Waals surface area contributed by atoms with Gasteiger partial charge in [0.05, 0.1) is 25.4 Å². The van der Waals surface area contributed by atoms with Gasteiger partial charge in [-0.2, -0.15) is 0 Å². The number of unbranched alkanes of at least 4 members (excludes halogenated alkanes) is 43. The van der Waals surface area contributed by atoms with E-state index in [2.05, 4.69) is 19.2 Å². The predicted octanol–water partition coefficient (Wildman–Crippen LogP) is 17.7. The van der Waals surface area contributed by atoms with Crippen LogP contribution in [0.15, 0.2) is 12.2 Å². The minimum Gasteiger partial charge on any atom is -0.466 e. The SMILES string of the molecule is CCCCCCCCCC/C=C/C(O)C(CO)NC(=O)CCCCCCCCCCCCCCCCCCCCCCCCOC(=O)CCCCCCCCCCCCCCCCC. The van der Waals surface area contributed by atoms with E-state index in [1.54, 1.807) is 6.08 Å². The topological polar surface area (TPSA) is 95.9 Å². The Bertz CT molecular complexity index is 955. The number of allylic oxidation sites excluding steroid dienone is 1. The van der Waals surface area contributed by atoms with Crippen molar-refractivity contribution in [2.24, 2.45) is 0 Å². The van der Waals surface area contributed by atoms with Crippen LogP contribution in [0.5, 0.6) is 0 Å². The third kappa shape index (κ3) is 50.0. The number of hydrogen-bond acceptors (Lipinski definition) is 5. The van der Waals surface area contributed by atoms with Gasteiger partial charge in [-0.15, -0.1) is 0 Å². The van der Waals surface area contributed by atoms with Crippen LogP contribution in [0.3, 0.4) is 0 Å². The van der Waals surface area contributed by atoms with E-state index in [1.165, 1.54) is 257 Å². The summed E-state index contributed by atoms with van der Waals surface area (Å²) in [6.45, 7) is 4.90. The largest absolute Gasteiger partial charge is 0.466 e. The molecule has 6 nitrogen and oxygen atoms in total. The zero-order valence-corrected chi connectivity index (χ0v) is 43.3. The average Bonchev–Trinajstić information content (AvgIpc) is 3.29. The lowest BCUT2D eigenvalue weighted by Crippen LogP contribution is -2.45. The third-order valence-corrected chi connectivity index (χ3v) is 13.6. The first kappa shape index (κ1) is 62.6. The van der Waals surface area contributed by atoms with Gasteiger partial charge >= 0.3 is 5.97 Å². The van der Waals surface area contributed by atoms with Crippen molar-refractivity contribution in [3.05, 3.63) is 12.2 Å². The summed E-state index contributed by atoms with van der Waals surface area (Å²) in [4.78, 5) is 24.4. The van der Waals surface area contributed by atoms with E-state index in [0.717, 1.165) is 38.5 Å². The van der Waals surface area contributed by atoms with Crippen LogP contribution in [-0.4, -0.2) is 47.4 Å². The third-order valence-electron chi connectivity index (χ3n) is 13.6. The van der Waals surface area contributed by atoms with Gasteiger partial charge in [0.25, 0.3) is 0 Å². The lowest BCUT2D eigenvalue weighted by atomic mass is 10.0. The Morgan fingerprint density at radius 1 is 0.422 bits per heavy atom. The fraction of sp³-hybridized carbons (Fsp3) is 0.931. The standard InChI is InChI=1S/C58H113NO5/c1-3-5-7-9-11-13-15-16-25-29-32-36-40-44-48-52-58(63)64-53-49-45-41-37-33-30-27-24-22-20-18-17-19-21-23-26-28-31-35-39-43-47-51-57(62)59-55(54-60)56(61)50-46-42-38-34-14-12-10-8-6-4-2/h46,50,55-56,60-61H,3-45,47-49,51-54H2,1-2H3,(H,59,62)/b50-46+. The van der Waals surface area contributed by atoms with Crippen LogP contribution in [0.2, 0.25) is 0 Å². The van der Waals surface area contributed by atoms with E-state index >= 15 is 0 Å². The Morgan fingerprint density at radius 3 is 1.06 bits per heavy atom. The molecule has 0 bridgehead atoms. The number of carbonyl (C=O) groups excluding carboxylic acids is 2. The molecule has 3 N–H and O–H groups in total. The Hall–Kier alpha value is -1.40. The van der Waals surface area contributed by atoms with Gasteiger partial charge in [0.1, 0.15) is 0 Å². The van der Waals surface area contributed by atoms with E-state index in [9.17, 15) is 19.8 Å². The predicted molar refractivity (Wildman–Crippen MR) is 278 cm³/mol. The molecule has 0 saturated carbocycles. The molecule has 0 radical (unpaired) electrons. The molecule has 0 heterocycles. The molecule has 0 aliphatic rings. The second-order valence-corrected chi connectivity index (χ2v) is 20.0. The van der Waals surface area contributed by atoms with Gasteiger partial charge in [-0.1, -0.05) is 289 Å². The highest BCUT2D eigenvalue weighted by Crippen LogP contribution is 2.17. The van der Waals surface area contributed by atoms with Gasteiger partial charge in [0, 0.05) is 12.8 Å². The monoisotopic (exact) mass is 904 g/mol. The quantitative estimate of drug-likeness (QED) is 0.0321. The van der Waals surface area contributed by atoms with Gasteiger partial charge in [0.15, 0.2) is 0 Å². The molecule has 2 atom stereocenters. The number of carbonyl (C=O) groups is 2. The molecule has 6 heteroatoms. The molecule has 0 fully saturated rings. The summed E-state index contributed by atoms with van der Waals surface area (Å²) in [6, 6.07) is -0.625. The first-order chi connectivity index (χ1) is 31.5. The second-order valence-electron chi connectivity index (χ2n) is 20.0. The Balaban J connectivity index is 3.35. The van der Waals surface area contributed by atoms with Crippen LogP contribution in [-0.2, 0) is 14.3 Å². The van der Waals surface area contributed by atoms with Gasteiger partial charge < -0.3 is 20.3 Å². The van der Waals surface area contributed by atoms with Crippen LogP contribution in [0.1, 0.15) is 322 Å². The van der Waals surface area contributed by atoms with Crippen molar-refractivity contribution in [1.29, 1.82) is 0 Å². The summed E-state index contributed by atoms with van der Waals surface area (Å²) in [5.74, 6) is -0.0531. The summed E-state index contributed by atoms with van der Waals surface area (Å²) in [5.41, 5.74) is 0. The van der Waals surface area contributed by atoms with Crippen LogP contribution < -0.4 is 5.32 Å². The second kappa shape index (κ2) is 54.2. The normalized spacial score (nSPS) is 12.6. The molecule has 380 valence electrons. The lowest BCUT2D eigenvalue weighted by Gasteiger charge is -2.20. The van der Waals surface area contributed by atoms with E-state index in [1.807, 2.05) is 6.08 Å². The van der Waals surface area contributed by atoms with Crippen molar-refractivity contribution >= 4 is 11.9 Å². The molecule has 2 unspecified atom stereocenters. The molecule has 0 aromatic rings. The molecular weight excluding hydrogens is 791 g/mol. The molecule has 0 aliphatic heterocycles. The van der Waals surface area contributed by atoms with Gasteiger partial charge in [-0.05, 0) is 32.1 Å². The minimum absolute atomic E-state index is 0.0158. The van der Waals surface area contributed by atoms with Crippen LogP contribution in [0, 0.1) is 0 Å². The van der Waals surface area contributed by atoms with Gasteiger partial charge in [0.2, 0.25) is 5.91 Å². The summed E-state index contributed by atoms with van der Waals surface area (Å²) < 4.78 is 5.49. The van der Waals surface area contributed by atoms with Crippen molar-refractivity contribution in [2.45, 2.75) is 334 Å². The smallest absolute Gasteiger partial charge is 0.305 e. The fourth-order valence-electron chi connectivity index (χ4n) is 9.11. The highest BCUT2D eigenvalue weighted by Gasteiger charge is 2.18. The number of rotatable bonds is 54. The molecule has 1 amide bonds. The number of amides is 1. The van der Waals surface area contributed by atoms with Crippen molar-refractivity contribution in [3.63, 3.8) is 0 Å². The lowest BCUT2D eigenvalue weighted by molar-refractivity contribution is -0.143. The van der Waals surface area contributed by atoms with Crippen LogP contribution in [0.4, 0.5) is 0 Å². The molecule has 0 aromatic carbocycles. The molecule has 64 heavy (non-hydrogen) atoms. The molecular formula is C58H113NO5. The highest BCUT2D eigenvalue weighted by molar-refractivity contribution is 5.76. The van der Waals surface area contributed by atoms with Crippen molar-refractivity contribution in [1.82, 2.24) is 5.32 Å². The first-order valence-electron chi connectivity index (χ1n) is 29.0. The molecule has 0 saturated heterocycles. The minimum atomic E-state index is -0.841. The van der Waals surface area contributed by atoms with E-state index in [4.69, 9.17) is 4.74 Å². The summed E-state index contributed by atoms with van der Waals surface area (Å²) in [5, 5.41) is 23.0. The fourth-order valence-corrected chi connectivity index (χ4v) is 9.11. The number of ether oxygens (including phenoxy) is 1. The summed E-state index contributed by atoms with van der Waals surface area (Å²) in [7, 11) is 0. The zero-order valence-electron chi connectivity index (χ0n) is 43.3. The Kier molecular flexibility index (Phi) is 53.0. The number of esters is 1. The van der Waals surface area contributed by atoms with Crippen LogP contribution >= 0.6 is 0 Å². The van der Waals surface area contributed by atoms with E-state index < -0.39 is 12.1 Å². The maximum atomic E-state index is 12.4. The van der Waals surface area contributed by atoms with E-state index in [0.29, 0.717) is 19.4 Å². The summed E-state index contributed by atoms with van der Waals surface area (Å²) in [6.07, 6.45) is 63.9. The maximum absolute atomic E-state index is 12.4. The number of nitrogens with one attached hydrogen (secondary N) is 1. The van der Waals surface area contributed by atoms with Crippen LogP contribution in [0.25, 0.3) is 0 Å². The average molecular weight is 905 g/mol. The van der Waals surface area contributed by atoms with Gasteiger partial charge in [-0.25, -0.2) is 0 Å². The Labute approximate surface area is 399 Å². The number of aliphatic hydroxyl groups is 2. The highest BCUT2D eigenvalue weighted by atomic mass is 16.5. The molecule has 0 spiro atoms. The van der Waals surface area contributed by atoms with E-state index in [-0.39, 0.29) is 18.5 Å². The molecule has 0 rings (SSSR count). The summed E-state index contributed by atoms with van der Waals surface area (Å²) >= 11 is 0. The number of hydrogen-bond donors (Lipinski definition) is 3. The number of aliphatic hydroxyl groups excluding tert-OH is 2. The zero-order chi connectivity index (χ0) is 46.5. The van der Waals surface area contributed by atoms with Crippen molar-refractivity contribution in [3.8, 4) is 0 Å². The van der Waals surface area contributed by atoms with Crippen molar-refractivity contribution < 1.29 is 24.5 Å². The van der Waals surface area contributed by atoms with Gasteiger partial charge in [-0.3, -0.25) is 9.59 Å². The first-order valence-corrected chi connectivity index (χ1v) is 29.0. The Morgan fingerprint density at radius 2 is 0.719 bits per heavy atom. The van der Waals surface area contributed by atoms with Crippen molar-refractivity contribution in [2.75, 3.05) is 13.2 Å².